The Kier molecular flexibility index (Phi) is 4.29. The van der Waals surface area contributed by atoms with Gasteiger partial charge in [-0.1, -0.05) is 23.9 Å². The van der Waals surface area contributed by atoms with E-state index in [-0.39, 0.29) is 23.3 Å². The fraction of sp³-hybridized carbons (Fsp3) is 0.308. The Morgan fingerprint density at radius 2 is 2.15 bits per heavy atom. The number of rotatable bonds is 4. The van der Waals surface area contributed by atoms with Crippen molar-refractivity contribution < 1.29 is 4.79 Å². The molecule has 1 amide bonds. The summed E-state index contributed by atoms with van der Waals surface area (Å²) in [5.41, 5.74) is 0.258. The minimum atomic E-state index is -0.317. The quantitative estimate of drug-likeness (QED) is 0.492. The molecule has 0 saturated heterocycles. The van der Waals surface area contributed by atoms with E-state index in [0.717, 1.165) is 16.4 Å². The number of carbonyl (C=O) groups excluding carboxylic acids is 1. The topological polar surface area (TPSA) is 90.0 Å². The molecule has 1 aromatic carbocycles. The molecule has 0 aliphatic heterocycles. The first kappa shape index (κ1) is 14.4. The molecule has 0 saturated carbocycles. The number of nitrogens with two attached hydrogens (primary N) is 1. The van der Waals surface area contributed by atoms with E-state index >= 15 is 0 Å². The first-order valence-corrected chi connectivity index (χ1v) is 7.16. The molecule has 0 unspecified atom stereocenters. The molecular weight excluding hydrogens is 276 g/mol. The lowest BCUT2D eigenvalue weighted by molar-refractivity contribution is -0.119. The molecule has 0 spiro atoms. The third kappa shape index (κ3) is 3.11. The molecule has 0 bridgehead atoms. The number of para-hydroxylation sites is 1. The highest BCUT2D eigenvalue weighted by Gasteiger charge is 2.11. The van der Waals surface area contributed by atoms with E-state index in [1.165, 1.54) is 0 Å². The van der Waals surface area contributed by atoms with Crippen molar-refractivity contribution in [1.82, 2.24) is 15.0 Å². The molecule has 106 valence electrons. The Labute approximate surface area is 120 Å². The molecule has 0 radical (unpaired) electrons. The van der Waals surface area contributed by atoms with Crippen LogP contribution in [0.15, 0.2) is 34.2 Å². The Balaban J connectivity index is 2.25. The number of hydrogen-bond acceptors (Lipinski definition) is 5. The van der Waals surface area contributed by atoms with E-state index in [0.29, 0.717) is 16.1 Å². The van der Waals surface area contributed by atoms with Gasteiger partial charge in [0.15, 0.2) is 5.16 Å². The molecular formula is C13H16N4O2S. The van der Waals surface area contributed by atoms with E-state index in [2.05, 4.69) is 10.3 Å². The predicted molar refractivity (Wildman–Crippen MR) is 80.2 cm³/mol. The van der Waals surface area contributed by atoms with Crippen LogP contribution < -0.4 is 16.7 Å². The lowest BCUT2D eigenvalue weighted by atomic mass is 10.2. The third-order valence-corrected chi connectivity index (χ3v) is 3.51. The number of amides is 1. The molecule has 0 aliphatic rings. The van der Waals surface area contributed by atoms with Crippen LogP contribution in [-0.2, 0) is 4.79 Å². The number of aromatic nitrogens is 2. The van der Waals surface area contributed by atoms with Crippen molar-refractivity contribution in [2.45, 2.75) is 25.0 Å². The summed E-state index contributed by atoms with van der Waals surface area (Å²) in [4.78, 5) is 28.0. The third-order valence-electron chi connectivity index (χ3n) is 2.56. The average Bonchev–Trinajstić information content (AvgIpc) is 2.40. The van der Waals surface area contributed by atoms with Crippen LogP contribution in [0, 0.1) is 0 Å². The standard InChI is InChI=1S/C13H16N4O2S/c1-8(2)15-11(18)7-20-13-16-10-6-4-3-5-9(10)12(19)17(13)14/h3-6,8H,7,14H2,1-2H3,(H,15,18). The van der Waals surface area contributed by atoms with Gasteiger partial charge in [-0.05, 0) is 26.0 Å². The summed E-state index contributed by atoms with van der Waals surface area (Å²) in [7, 11) is 0. The molecule has 6 nitrogen and oxygen atoms in total. The van der Waals surface area contributed by atoms with Crippen LogP contribution in [0.1, 0.15) is 13.8 Å². The predicted octanol–water partition coefficient (Wildman–Crippen LogP) is 0.727. The van der Waals surface area contributed by atoms with Gasteiger partial charge in [-0.15, -0.1) is 0 Å². The molecule has 0 atom stereocenters. The molecule has 0 aliphatic carbocycles. The van der Waals surface area contributed by atoms with E-state index in [4.69, 9.17) is 5.84 Å². The second-order valence-electron chi connectivity index (χ2n) is 4.60. The summed E-state index contributed by atoms with van der Waals surface area (Å²) >= 11 is 1.14. The summed E-state index contributed by atoms with van der Waals surface area (Å²) in [6.07, 6.45) is 0. The molecule has 20 heavy (non-hydrogen) atoms. The lowest BCUT2D eigenvalue weighted by Gasteiger charge is -2.10. The SMILES string of the molecule is CC(C)NC(=O)CSc1nc2ccccc2c(=O)n1N. The van der Waals surface area contributed by atoms with Crippen molar-refractivity contribution in [3.8, 4) is 0 Å². The van der Waals surface area contributed by atoms with Crippen molar-refractivity contribution in [3.63, 3.8) is 0 Å². The highest BCUT2D eigenvalue weighted by molar-refractivity contribution is 7.99. The van der Waals surface area contributed by atoms with Crippen molar-refractivity contribution in [1.29, 1.82) is 0 Å². The summed E-state index contributed by atoms with van der Waals surface area (Å²) < 4.78 is 0.982. The van der Waals surface area contributed by atoms with Crippen molar-refractivity contribution in [2.24, 2.45) is 0 Å². The second kappa shape index (κ2) is 5.96. The van der Waals surface area contributed by atoms with Gasteiger partial charge in [0.05, 0.1) is 16.7 Å². The van der Waals surface area contributed by atoms with Crippen LogP contribution in [0.4, 0.5) is 0 Å². The molecule has 0 fully saturated rings. The number of nitrogens with zero attached hydrogens (tertiary/aromatic N) is 2. The molecule has 1 heterocycles. The minimum absolute atomic E-state index is 0.0766. The van der Waals surface area contributed by atoms with E-state index in [1.54, 1.807) is 24.3 Å². The zero-order chi connectivity index (χ0) is 14.7. The van der Waals surface area contributed by atoms with Crippen LogP contribution >= 0.6 is 11.8 Å². The Bertz CT molecular complexity index is 696. The normalized spacial score (nSPS) is 10.9. The van der Waals surface area contributed by atoms with Gasteiger partial charge in [0.2, 0.25) is 5.91 Å². The van der Waals surface area contributed by atoms with Crippen molar-refractivity contribution in [3.05, 3.63) is 34.6 Å². The fourth-order valence-corrected chi connectivity index (χ4v) is 2.45. The summed E-state index contributed by atoms with van der Waals surface area (Å²) in [6, 6.07) is 7.06. The number of benzene rings is 1. The molecule has 1 aromatic heterocycles. The molecule has 2 rings (SSSR count). The smallest absolute Gasteiger partial charge is 0.280 e. The number of thioether (sulfide) groups is 1. The Morgan fingerprint density at radius 1 is 1.45 bits per heavy atom. The Morgan fingerprint density at radius 3 is 2.85 bits per heavy atom. The minimum Gasteiger partial charge on any atom is -0.353 e. The van der Waals surface area contributed by atoms with Gasteiger partial charge in [-0.3, -0.25) is 9.59 Å². The van der Waals surface area contributed by atoms with Gasteiger partial charge >= 0.3 is 0 Å². The first-order valence-electron chi connectivity index (χ1n) is 6.18. The van der Waals surface area contributed by atoms with Gasteiger partial charge in [-0.2, -0.15) is 0 Å². The highest BCUT2D eigenvalue weighted by Crippen LogP contribution is 2.15. The van der Waals surface area contributed by atoms with Crippen LogP contribution in [-0.4, -0.2) is 27.4 Å². The zero-order valence-corrected chi connectivity index (χ0v) is 12.1. The molecule has 3 N–H and O–H groups in total. The maximum atomic E-state index is 12.1. The largest absolute Gasteiger partial charge is 0.353 e. The van der Waals surface area contributed by atoms with Crippen LogP contribution in [0.25, 0.3) is 10.9 Å². The average molecular weight is 292 g/mol. The number of nitrogens with one attached hydrogen (secondary N) is 1. The molecule has 2 aromatic rings. The zero-order valence-electron chi connectivity index (χ0n) is 11.3. The second-order valence-corrected chi connectivity index (χ2v) is 5.54. The van der Waals surface area contributed by atoms with Crippen molar-refractivity contribution in [2.75, 3.05) is 11.6 Å². The number of carbonyl (C=O) groups is 1. The Hall–Kier alpha value is -2.02. The van der Waals surface area contributed by atoms with Gasteiger partial charge < -0.3 is 11.2 Å². The fourth-order valence-electron chi connectivity index (χ4n) is 1.72. The van der Waals surface area contributed by atoms with Gasteiger partial charge in [-0.25, -0.2) is 9.66 Å². The van der Waals surface area contributed by atoms with E-state index < -0.39 is 0 Å². The molecule has 7 heteroatoms. The van der Waals surface area contributed by atoms with Gasteiger partial charge in [0.25, 0.3) is 5.56 Å². The summed E-state index contributed by atoms with van der Waals surface area (Å²) in [5.74, 6) is 5.77. The maximum absolute atomic E-state index is 12.1. The van der Waals surface area contributed by atoms with Crippen molar-refractivity contribution >= 4 is 28.6 Å². The number of fused-ring (bicyclic) bond motifs is 1. The van der Waals surface area contributed by atoms with E-state index in [1.807, 2.05) is 13.8 Å². The van der Waals surface area contributed by atoms with Crippen LogP contribution in [0.5, 0.6) is 0 Å². The van der Waals surface area contributed by atoms with Crippen LogP contribution in [0.2, 0.25) is 0 Å². The van der Waals surface area contributed by atoms with Crippen LogP contribution in [0.3, 0.4) is 0 Å². The lowest BCUT2D eigenvalue weighted by Crippen LogP contribution is -2.33. The first-order chi connectivity index (χ1) is 9.49. The van der Waals surface area contributed by atoms with E-state index in [9.17, 15) is 9.59 Å². The number of hydrogen-bond donors (Lipinski definition) is 2. The van der Waals surface area contributed by atoms with Gasteiger partial charge in [0, 0.05) is 6.04 Å². The number of nitrogen functional groups attached to an aromatic ring is 1. The monoisotopic (exact) mass is 292 g/mol. The maximum Gasteiger partial charge on any atom is 0.280 e. The summed E-state index contributed by atoms with van der Waals surface area (Å²) in [6.45, 7) is 3.77. The summed E-state index contributed by atoms with van der Waals surface area (Å²) in [5, 5.41) is 3.56. The highest BCUT2D eigenvalue weighted by atomic mass is 32.2. The van der Waals surface area contributed by atoms with Gasteiger partial charge in [0.1, 0.15) is 0 Å².